The Morgan fingerprint density at radius 3 is 1.94 bits per heavy atom. The SMILES string of the molecule is CC(C)(C)C(=O)OCC[C@H]1CC(=O)[C@H]([C@@H](CO[Si](C)(C)C(C)(C)C)O[Si](C)(C)C(C)(C)C)O1. The summed E-state index contributed by atoms with van der Waals surface area (Å²) in [5.74, 6) is -0.199. The maximum atomic E-state index is 13.0. The number of carbonyl (C=O) groups is 2. The molecule has 0 saturated carbocycles. The first-order valence-electron chi connectivity index (χ1n) is 12.3. The summed E-state index contributed by atoms with van der Waals surface area (Å²) in [7, 11) is -4.18. The van der Waals surface area contributed by atoms with Crippen molar-refractivity contribution in [3.8, 4) is 0 Å². The second kappa shape index (κ2) is 10.6. The number of ether oxygens (including phenoxy) is 2. The first-order chi connectivity index (χ1) is 14.6. The second-order valence-electron chi connectivity index (χ2n) is 13.5. The van der Waals surface area contributed by atoms with Gasteiger partial charge in [-0.15, -0.1) is 0 Å². The minimum Gasteiger partial charge on any atom is -0.465 e. The molecule has 1 saturated heterocycles. The average Bonchev–Trinajstić information content (AvgIpc) is 2.96. The molecule has 1 fully saturated rings. The van der Waals surface area contributed by atoms with Gasteiger partial charge in [0.15, 0.2) is 22.4 Å². The van der Waals surface area contributed by atoms with Gasteiger partial charge in [-0.25, -0.2) is 0 Å². The smallest absolute Gasteiger partial charge is 0.311 e. The molecule has 1 rings (SSSR count). The van der Waals surface area contributed by atoms with E-state index in [1.54, 1.807) is 0 Å². The van der Waals surface area contributed by atoms with E-state index in [0.29, 0.717) is 19.4 Å². The van der Waals surface area contributed by atoms with Crippen molar-refractivity contribution in [1.29, 1.82) is 0 Å². The predicted molar refractivity (Wildman–Crippen MR) is 139 cm³/mol. The zero-order valence-electron chi connectivity index (χ0n) is 23.5. The molecule has 3 atom stereocenters. The van der Waals surface area contributed by atoms with Gasteiger partial charge in [-0.2, -0.15) is 0 Å². The zero-order valence-corrected chi connectivity index (χ0v) is 25.5. The molecule has 33 heavy (non-hydrogen) atoms. The molecule has 0 amide bonds. The fraction of sp³-hybridized carbons (Fsp3) is 0.920. The van der Waals surface area contributed by atoms with Crippen molar-refractivity contribution in [2.45, 2.75) is 130 Å². The van der Waals surface area contributed by atoms with E-state index < -0.39 is 34.3 Å². The number of carbonyl (C=O) groups excluding carboxylic acids is 2. The third-order valence-corrected chi connectivity index (χ3v) is 16.4. The zero-order chi connectivity index (χ0) is 26.0. The third kappa shape index (κ3) is 8.56. The summed E-state index contributed by atoms with van der Waals surface area (Å²) in [5.41, 5.74) is -0.544. The summed E-state index contributed by atoms with van der Waals surface area (Å²) in [6.45, 7) is 28.0. The summed E-state index contributed by atoms with van der Waals surface area (Å²) in [6, 6.07) is 0. The predicted octanol–water partition coefficient (Wildman–Crippen LogP) is 6.10. The van der Waals surface area contributed by atoms with Gasteiger partial charge in [0.1, 0.15) is 12.2 Å². The highest BCUT2D eigenvalue weighted by atomic mass is 28.4. The van der Waals surface area contributed by atoms with Gasteiger partial charge in [0, 0.05) is 12.8 Å². The van der Waals surface area contributed by atoms with Gasteiger partial charge >= 0.3 is 5.97 Å². The highest BCUT2D eigenvalue weighted by molar-refractivity contribution is 6.74. The van der Waals surface area contributed by atoms with Gasteiger partial charge in [0.25, 0.3) is 0 Å². The standard InChI is InChI=1S/C25H50O6Si2/c1-23(2,3)22(27)28-15-14-18-16-19(26)21(30-18)20(31-33(12,13)25(7,8)9)17-29-32(10,11)24(4,5)6/h18,20-21H,14-17H2,1-13H3/t18-,20+,21+/m0/s1. The maximum Gasteiger partial charge on any atom is 0.311 e. The van der Waals surface area contributed by atoms with Gasteiger partial charge < -0.3 is 18.3 Å². The largest absolute Gasteiger partial charge is 0.465 e. The van der Waals surface area contributed by atoms with Crippen LogP contribution in [0.3, 0.4) is 0 Å². The van der Waals surface area contributed by atoms with Gasteiger partial charge in [-0.05, 0) is 57.0 Å². The van der Waals surface area contributed by atoms with E-state index in [9.17, 15) is 9.59 Å². The van der Waals surface area contributed by atoms with Crippen molar-refractivity contribution in [2.75, 3.05) is 13.2 Å². The van der Waals surface area contributed by atoms with Crippen LogP contribution in [-0.2, 0) is 27.9 Å². The van der Waals surface area contributed by atoms with E-state index in [-0.39, 0.29) is 34.5 Å². The van der Waals surface area contributed by atoms with Crippen molar-refractivity contribution >= 4 is 28.4 Å². The molecular formula is C25H50O6Si2. The van der Waals surface area contributed by atoms with E-state index in [1.165, 1.54) is 0 Å². The molecule has 8 heteroatoms. The van der Waals surface area contributed by atoms with E-state index in [0.717, 1.165) is 0 Å². The Hall–Kier alpha value is -0.546. The Morgan fingerprint density at radius 1 is 0.970 bits per heavy atom. The molecule has 0 aromatic carbocycles. The molecule has 0 unspecified atom stereocenters. The van der Waals surface area contributed by atoms with Crippen molar-refractivity contribution < 1.29 is 27.9 Å². The summed E-state index contributed by atoms with van der Waals surface area (Å²) in [4.78, 5) is 25.0. The van der Waals surface area contributed by atoms with Crippen LogP contribution in [0.4, 0.5) is 0 Å². The van der Waals surface area contributed by atoms with Gasteiger partial charge in [0.05, 0.1) is 24.7 Å². The van der Waals surface area contributed by atoms with Crippen LogP contribution in [-0.4, -0.2) is 59.9 Å². The van der Waals surface area contributed by atoms with Crippen molar-refractivity contribution in [1.82, 2.24) is 0 Å². The van der Waals surface area contributed by atoms with Crippen LogP contribution in [0.5, 0.6) is 0 Å². The molecule has 0 aromatic rings. The fourth-order valence-electron chi connectivity index (χ4n) is 2.88. The molecule has 194 valence electrons. The summed E-state index contributed by atoms with van der Waals surface area (Å²) >= 11 is 0. The van der Waals surface area contributed by atoms with Gasteiger partial charge in [-0.3, -0.25) is 9.59 Å². The summed E-state index contributed by atoms with van der Waals surface area (Å²) in [5, 5.41) is 0.0684. The molecule has 0 N–H and O–H groups in total. The number of Topliss-reactive ketones (excluding diaryl/α,β-unsaturated/α-hetero) is 1. The van der Waals surface area contributed by atoms with Crippen LogP contribution in [0.25, 0.3) is 0 Å². The van der Waals surface area contributed by atoms with Gasteiger partial charge in [-0.1, -0.05) is 41.5 Å². The van der Waals surface area contributed by atoms with Crippen LogP contribution in [0.1, 0.15) is 75.2 Å². The Labute approximate surface area is 204 Å². The molecule has 0 aliphatic carbocycles. The molecule has 0 bridgehead atoms. The molecule has 0 aromatic heterocycles. The van der Waals surface area contributed by atoms with E-state index in [4.69, 9.17) is 18.3 Å². The lowest BCUT2D eigenvalue weighted by molar-refractivity contribution is -0.154. The van der Waals surface area contributed by atoms with Crippen LogP contribution in [0.2, 0.25) is 36.3 Å². The van der Waals surface area contributed by atoms with E-state index in [1.807, 2.05) is 20.8 Å². The number of hydrogen-bond donors (Lipinski definition) is 0. The van der Waals surface area contributed by atoms with Crippen LogP contribution in [0, 0.1) is 5.41 Å². The van der Waals surface area contributed by atoms with Crippen LogP contribution in [0.15, 0.2) is 0 Å². The minimum atomic E-state index is -2.16. The molecule has 0 spiro atoms. The topological polar surface area (TPSA) is 71.1 Å². The highest BCUT2D eigenvalue weighted by Crippen LogP contribution is 2.40. The maximum absolute atomic E-state index is 13.0. The average molecular weight is 503 g/mol. The number of ketones is 1. The second-order valence-corrected chi connectivity index (χ2v) is 23.1. The number of hydrogen-bond acceptors (Lipinski definition) is 6. The lowest BCUT2D eigenvalue weighted by atomic mass is 9.97. The first-order valence-corrected chi connectivity index (χ1v) is 18.1. The van der Waals surface area contributed by atoms with Crippen molar-refractivity contribution in [2.24, 2.45) is 5.41 Å². The molecule has 0 radical (unpaired) electrons. The fourth-order valence-corrected chi connectivity index (χ4v) is 5.20. The number of esters is 1. The first kappa shape index (κ1) is 30.5. The van der Waals surface area contributed by atoms with Crippen LogP contribution >= 0.6 is 0 Å². The number of rotatable bonds is 9. The van der Waals surface area contributed by atoms with Gasteiger partial charge in [0.2, 0.25) is 0 Å². The van der Waals surface area contributed by atoms with Crippen molar-refractivity contribution in [3.05, 3.63) is 0 Å². The lowest BCUT2D eigenvalue weighted by Crippen LogP contribution is -2.52. The van der Waals surface area contributed by atoms with E-state index >= 15 is 0 Å². The molecular weight excluding hydrogens is 452 g/mol. The molecule has 1 heterocycles. The molecule has 1 aliphatic heterocycles. The molecule has 6 nitrogen and oxygen atoms in total. The third-order valence-electron chi connectivity index (χ3n) is 7.38. The van der Waals surface area contributed by atoms with Crippen molar-refractivity contribution in [3.63, 3.8) is 0 Å². The Bertz CT molecular complexity index is 682. The lowest BCUT2D eigenvalue weighted by Gasteiger charge is -2.42. The Kier molecular flexibility index (Phi) is 9.79. The molecule has 1 aliphatic rings. The quantitative estimate of drug-likeness (QED) is 0.280. The highest BCUT2D eigenvalue weighted by Gasteiger charge is 2.47. The Balaban J connectivity index is 2.94. The summed E-state index contributed by atoms with van der Waals surface area (Å²) in [6.07, 6.45) is -0.537. The summed E-state index contributed by atoms with van der Waals surface area (Å²) < 4.78 is 24.8. The monoisotopic (exact) mass is 502 g/mol. The van der Waals surface area contributed by atoms with Crippen LogP contribution < -0.4 is 0 Å². The minimum absolute atomic E-state index is 0.00440. The van der Waals surface area contributed by atoms with E-state index in [2.05, 4.69) is 67.7 Å². The Morgan fingerprint density at radius 2 is 1.48 bits per heavy atom. The normalized spacial score (nSPS) is 21.9.